The van der Waals surface area contributed by atoms with Crippen LogP contribution in [0.1, 0.15) is 85.7 Å². The van der Waals surface area contributed by atoms with E-state index < -0.39 is 54.0 Å². The Hall–Kier alpha value is -8.68. The molecule has 26 nitrogen and oxygen atoms in total. The Bertz CT molecular complexity index is 2770. The molecule has 6 rings (SSSR count). The molecule has 5 aromatic rings. The summed E-state index contributed by atoms with van der Waals surface area (Å²) in [5, 5.41) is 50.1. The van der Waals surface area contributed by atoms with Crippen molar-refractivity contribution in [2.24, 2.45) is 5.92 Å². The Morgan fingerprint density at radius 3 is 2.32 bits per heavy atom. The summed E-state index contributed by atoms with van der Waals surface area (Å²) in [6, 6.07) is 7.43. The lowest BCUT2D eigenvalue weighted by Gasteiger charge is -2.24. The van der Waals surface area contributed by atoms with E-state index in [1.807, 2.05) is 0 Å². The van der Waals surface area contributed by atoms with Gasteiger partial charge in [-0.05, 0) is 92.3 Å². The van der Waals surface area contributed by atoms with Crippen LogP contribution in [0.25, 0.3) is 22.6 Å². The van der Waals surface area contributed by atoms with E-state index in [-0.39, 0.29) is 95.7 Å². The first-order valence-corrected chi connectivity index (χ1v) is 22.6. The summed E-state index contributed by atoms with van der Waals surface area (Å²) in [6.07, 6.45) is 5.29. The first-order chi connectivity index (χ1) is 34.0. The third-order valence-electron chi connectivity index (χ3n) is 11.1. The average Bonchev–Trinajstić information content (AvgIpc) is 4.00. The number of fused-ring (bicyclic) bond motifs is 1. The number of carboxylic acid groups (broad SMARTS) is 1. The summed E-state index contributed by atoms with van der Waals surface area (Å²) < 4.78 is 0. The highest BCUT2D eigenvalue weighted by atomic mass is 16.4. The molecule has 374 valence electrons. The standard InChI is InChI=1S/C45H55N17O9/c1-23(2)35(55-32(63)9-5-4-6-19-62-33(64)16-17-34(62)65)43(69)51-24(3)40(66)53-27-14-15-29(30(20-27)38-58-60-61-59-38)42(68)48-18-7-8-31(44(70)71)54-41(67)25-10-12-26(13-11-25)49-21-28-22-50-39-36(52-28)37(46)56-45(47)57-39/h10-17,20,22-24,31,33,35,49,64H,4-9,18-19,21H2,1-3H3,(H,48,68)(H,51,69)(H,53,66)(H,54,67)(H,55,63)(H,70,71)(H,58,59,60,61)(H4,46,47,50,56,57)/t24-,31-,33?,35-/m0/s1. The van der Waals surface area contributed by atoms with Gasteiger partial charge in [0.25, 0.3) is 11.8 Å². The number of benzene rings is 2. The molecule has 1 aliphatic heterocycles. The van der Waals surface area contributed by atoms with Crippen molar-refractivity contribution < 1.29 is 43.8 Å². The van der Waals surface area contributed by atoms with Gasteiger partial charge in [-0.15, -0.1) is 10.2 Å². The van der Waals surface area contributed by atoms with Crippen molar-refractivity contribution in [1.29, 1.82) is 0 Å². The quantitative estimate of drug-likeness (QED) is 0.0378. The molecule has 3 aromatic heterocycles. The zero-order chi connectivity index (χ0) is 51.2. The van der Waals surface area contributed by atoms with E-state index in [2.05, 4.69) is 72.5 Å². The van der Waals surface area contributed by atoms with Crippen LogP contribution in [0.2, 0.25) is 0 Å². The second kappa shape index (κ2) is 24.0. The van der Waals surface area contributed by atoms with Crippen molar-refractivity contribution in [3.8, 4) is 11.4 Å². The Kier molecular flexibility index (Phi) is 17.5. The topological polar surface area (TPSA) is 393 Å². The molecule has 0 bridgehead atoms. The summed E-state index contributed by atoms with van der Waals surface area (Å²) in [4.78, 5) is 108. The molecule has 1 aliphatic rings. The van der Waals surface area contributed by atoms with E-state index in [0.717, 1.165) is 0 Å². The number of carbonyl (C=O) groups excluding carboxylic acids is 6. The Labute approximate surface area is 405 Å². The molecule has 1 unspecified atom stereocenters. The van der Waals surface area contributed by atoms with Crippen LogP contribution in [-0.4, -0.2) is 135 Å². The number of hydrogen-bond acceptors (Lipinski definition) is 18. The van der Waals surface area contributed by atoms with E-state index in [0.29, 0.717) is 42.7 Å². The van der Waals surface area contributed by atoms with Gasteiger partial charge in [0.15, 0.2) is 17.0 Å². The van der Waals surface area contributed by atoms with Gasteiger partial charge in [-0.3, -0.25) is 28.8 Å². The average molecular weight is 978 g/mol. The number of carbonyl (C=O) groups is 7. The van der Waals surface area contributed by atoms with Crippen LogP contribution in [-0.2, 0) is 30.5 Å². The molecule has 71 heavy (non-hydrogen) atoms. The largest absolute Gasteiger partial charge is 0.480 e. The van der Waals surface area contributed by atoms with Crippen molar-refractivity contribution in [1.82, 2.24) is 66.7 Å². The van der Waals surface area contributed by atoms with Crippen molar-refractivity contribution in [3.63, 3.8) is 0 Å². The highest BCUT2D eigenvalue weighted by Crippen LogP contribution is 2.25. The predicted molar refractivity (Wildman–Crippen MR) is 256 cm³/mol. The third kappa shape index (κ3) is 14.2. The number of nitrogen functional groups attached to an aromatic ring is 2. The van der Waals surface area contributed by atoms with Crippen LogP contribution >= 0.6 is 0 Å². The number of aromatic amines is 1. The zero-order valence-corrected chi connectivity index (χ0v) is 39.0. The maximum absolute atomic E-state index is 13.5. The Morgan fingerprint density at radius 2 is 1.63 bits per heavy atom. The van der Waals surface area contributed by atoms with Gasteiger partial charge in [-0.2, -0.15) is 15.2 Å². The highest BCUT2D eigenvalue weighted by molar-refractivity contribution is 6.03. The number of hydrogen-bond donors (Lipinski definition) is 11. The van der Waals surface area contributed by atoms with Gasteiger partial charge in [0.05, 0.1) is 24.0 Å². The number of H-pyrrole nitrogens is 1. The molecule has 6 amide bonds. The predicted octanol–water partition coefficient (Wildman–Crippen LogP) is 0.631. The molecule has 4 atom stereocenters. The number of unbranched alkanes of at least 4 members (excludes halogenated alkanes) is 2. The van der Waals surface area contributed by atoms with E-state index in [9.17, 15) is 43.8 Å². The lowest BCUT2D eigenvalue weighted by molar-refractivity contribution is -0.139. The summed E-state index contributed by atoms with van der Waals surface area (Å²) in [6.45, 7) is 5.62. The highest BCUT2D eigenvalue weighted by Gasteiger charge is 2.28. The van der Waals surface area contributed by atoms with Gasteiger partial charge in [0.1, 0.15) is 24.4 Å². The van der Waals surface area contributed by atoms with Gasteiger partial charge < -0.3 is 58.5 Å². The number of anilines is 4. The fourth-order valence-corrected chi connectivity index (χ4v) is 7.27. The van der Waals surface area contributed by atoms with Crippen LogP contribution in [0.4, 0.5) is 23.1 Å². The van der Waals surface area contributed by atoms with Gasteiger partial charge in [0.2, 0.25) is 35.4 Å². The number of nitrogens with zero attached hydrogens (tertiary/aromatic N) is 8. The molecule has 26 heteroatoms. The van der Waals surface area contributed by atoms with Crippen LogP contribution in [0.5, 0.6) is 0 Å². The molecule has 13 N–H and O–H groups in total. The van der Waals surface area contributed by atoms with Crippen molar-refractivity contribution in [2.45, 2.75) is 90.2 Å². The minimum atomic E-state index is -1.27. The summed E-state index contributed by atoms with van der Waals surface area (Å²) in [7, 11) is 0. The third-order valence-corrected chi connectivity index (χ3v) is 11.1. The second-order valence-corrected chi connectivity index (χ2v) is 16.8. The summed E-state index contributed by atoms with van der Waals surface area (Å²) in [5.41, 5.74) is 14.0. The van der Waals surface area contributed by atoms with E-state index in [1.54, 1.807) is 26.0 Å². The SMILES string of the molecule is CC(C)[C@H](NC(=O)CCCCCN1C(=O)C=CC1O)C(=O)N[C@@H](C)C(=O)Nc1ccc(C(=O)NCCC[C@H](NC(=O)c2ccc(NCc3cnc4nc(N)nc(N)c4n3)cc2)C(=O)O)c(-c2nn[nH]n2)c1. The number of carboxylic acids is 1. The summed E-state index contributed by atoms with van der Waals surface area (Å²) in [5.74, 6) is -4.43. The fourth-order valence-electron chi connectivity index (χ4n) is 7.27. The Balaban J connectivity index is 0.952. The van der Waals surface area contributed by atoms with Gasteiger partial charge in [0, 0.05) is 48.1 Å². The monoisotopic (exact) mass is 977 g/mol. The van der Waals surface area contributed by atoms with Crippen LogP contribution in [0.15, 0.2) is 60.8 Å². The smallest absolute Gasteiger partial charge is 0.326 e. The number of aliphatic carboxylic acids is 1. The first kappa shape index (κ1) is 51.7. The maximum Gasteiger partial charge on any atom is 0.326 e. The van der Waals surface area contributed by atoms with E-state index in [4.69, 9.17) is 11.5 Å². The molecule has 0 saturated carbocycles. The molecular formula is C45H55N17O9. The Morgan fingerprint density at radius 1 is 0.873 bits per heavy atom. The second-order valence-electron chi connectivity index (χ2n) is 16.8. The minimum Gasteiger partial charge on any atom is -0.480 e. The van der Waals surface area contributed by atoms with Gasteiger partial charge >= 0.3 is 5.97 Å². The number of rotatable bonds is 24. The number of nitrogens with two attached hydrogens (primary N) is 2. The fraction of sp³-hybridized carbons (Fsp3) is 0.378. The number of tetrazole rings is 1. The normalized spacial score (nSPS) is 14.4. The molecule has 2 aromatic carbocycles. The number of aromatic nitrogens is 8. The molecule has 4 heterocycles. The van der Waals surface area contributed by atoms with Crippen molar-refractivity contribution in [3.05, 3.63) is 77.6 Å². The first-order valence-electron chi connectivity index (χ1n) is 22.6. The molecule has 0 saturated heterocycles. The van der Waals surface area contributed by atoms with E-state index in [1.165, 1.54) is 60.5 Å². The van der Waals surface area contributed by atoms with Crippen molar-refractivity contribution >= 4 is 75.7 Å². The number of amides is 6. The van der Waals surface area contributed by atoms with Crippen LogP contribution < -0.4 is 43.4 Å². The molecular weight excluding hydrogens is 923 g/mol. The lowest BCUT2D eigenvalue weighted by Crippen LogP contribution is -2.53. The number of nitrogens with one attached hydrogen (secondary N) is 7. The number of aliphatic hydroxyl groups is 1. The zero-order valence-electron chi connectivity index (χ0n) is 39.0. The lowest BCUT2D eigenvalue weighted by atomic mass is 10.0. The van der Waals surface area contributed by atoms with Gasteiger partial charge in [-0.1, -0.05) is 20.3 Å². The van der Waals surface area contributed by atoms with Crippen LogP contribution in [0, 0.1) is 5.92 Å². The molecule has 0 radical (unpaired) electrons. The van der Waals surface area contributed by atoms with E-state index >= 15 is 0 Å². The maximum atomic E-state index is 13.5. The van der Waals surface area contributed by atoms with Crippen LogP contribution in [0.3, 0.4) is 0 Å². The number of aliphatic hydroxyl groups excluding tert-OH is 1. The molecule has 0 fully saturated rings. The minimum absolute atomic E-state index is 0.0142. The van der Waals surface area contributed by atoms with Crippen molar-refractivity contribution in [2.75, 3.05) is 35.2 Å². The van der Waals surface area contributed by atoms with Gasteiger partial charge in [-0.25, -0.2) is 14.8 Å². The molecule has 0 spiro atoms. The molecule has 0 aliphatic carbocycles. The summed E-state index contributed by atoms with van der Waals surface area (Å²) >= 11 is 0.